The maximum atomic E-state index is 13.0. The van der Waals surface area contributed by atoms with Crippen LogP contribution in [0.25, 0.3) is 0 Å². The van der Waals surface area contributed by atoms with Crippen LogP contribution in [0, 0.1) is 12.7 Å². The molecule has 1 aromatic carbocycles. The van der Waals surface area contributed by atoms with Gasteiger partial charge >= 0.3 is 0 Å². The van der Waals surface area contributed by atoms with Gasteiger partial charge in [0.05, 0.1) is 6.10 Å². The zero-order valence-corrected chi connectivity index (χ0v) is 9.60. The second-order valence-corrected chi connectivity index (χ2v) is 4.08. The van der Waals surface area contributed by atoms with Crippen molar-refractivity contribution in [2.24, 2.45) is 0 Å². The highest BCUT2D eigenvalue weighted by atomic mass is 19.1. The number of aliphatic hydroxyl groups excluding tert-OH is 1. The molecule has 0 amide bonds. The maximum absolute atomic E-state index is 13.0. The summed E-state index contributed by atoms with van der Waals surface area (Å²) < 4.78 is 13.0. The number of aromatic nitrogens is 1. The molecule has 0 saturated heterocycles. The molecule has 2 rings (SSSR count). The van der Waals surface area contributed by atoms with Gasteiger partial charge in [0.1, 0.15) is 5.82 Å². The molecule has 0 aliphatic heterocycles. The number of benzene rings is 1. The predicted molar refractivity (Wildman–Crippen MR) is 64.0 cm³/mol. The van der Waals surface area contributed by atoms with Crippen molar-refractivity contribution in [3.05, 3.63) is 65.2 Å². The van der Waals surface area contributed by atoms with Crippen LogP contribution < -0.4 is 0 Å². The Morgan fingerprint density at radius 3 is 2.88 bits per heavy atom. The Kier molecular flexibility index (Phi) is 3.49. The van der Waals surface area contributed by atoms with Crippen molar-refractivity contribution in [2.75, 3.05) is 0 Å². The van der Waals surface area contributed by atoms with Crippen LogP contribution in [0.2, 0.25) is 0 Å². The smallest absolute Gasteiger partial charge is 0.123 e. The van der Waals surface area contributed by atoms with E-state index in [0.29, 0.717) is 6.42 Å². The fourth-order valence-electron chi connectivity index (χ4n) is 1.86. The van der Waals surface area contributed by atoms with Gasteiger partial charge in [-0.15, -0.1) is 0 Å². The third-order valence-corrected chi connectivity index (χ3v) is 2.74. The first kappa shape index (κ1) is 11.7. The molecule has 0 aliphatic carbocycles. The van der Waals surface area contributed by atoms with Crippen molar-refractivity contribution < 1.29 is 9.50 Å². The van der Waals surface area contributed by atoms with E-state index in [2.05, 4.69) is 4.98 Å². The topological polar surface area (TPSA) is 33.1 Å². The van der Waals surface area contributed by atoms with E-state index in [1.165, 1.54) is 12.1 Å². The monoisotopic (exact) mass is 231 g/mol. The number of rotatable bonds is 3. The number of hydrogen-bond donors (Lipinski definition) is 1. The Balaban J connectivity index is 2.17. The zero-order valence-electron chi connectivity index (χ0n) is 9.60. The molecule has 0 spiro atoms. The van der Waals surface area contributed by atoms with Crippen molar-refractivity contribution in [1.29, 1.82) is 0 Å². The molecular formula is C14H14FNO. The quantitative estimate of drug-likeness (QED) is 0.881. The molecule has 1 N–H and O–H groups in total. The molecule has 1 heterocycles. The lowest BCUT2D eigenvalue weighted by Gasteiger charge is -2.13. The molecule has 0 saturated carbocycles. The SMILES string of the molecule is Cc1cnccc1C(O)Cc1cccc(F)c1. The number of aliphatic hydroxyl groups is 1. The van der Waals surface area contributed by atoms with Crippen LogP contribution in [0.5, 0.6) is 0 Å². The van der Waals surface area contributed by atoms with Crippen LogP contribution in [0.1, 0.15) is 22.8 Å². The standard InChI is InChI=1S/C14H14FNO/c1-10-9-16-6-5-13(10)14(17)8-11-3-2-4-12(15)7-11/h2-7,9,14,17H,8H2,1H3. The zero-order chi connectivity index (χ0) is 12.3. The van der Waals surface area contributed by atoms with E-state index in [9.17, 15) is 9.50 Å². The van der Waals surface area contributed by atoms with Gasteiger partial charge in [0.25, 0.3) is 0 Å². The molecule has 1 atom stereocenters. The van der Waals surface area contributed by atoms with E-state index in [1.54, 1.807) is 24.5 Å². The van der Waals surface area contributed by atoms with Crippen LogP contribution >= 0.6 is 0 Å². The average Bonchev–Trinajstić information content (AvgIpc) is 2.29. The fraction of sp³-hybridized carbons (Fsp3) is 0.214. The number of nitrogens with zero attached hydrogens (tertiary/aromatic N) is 1. The second-order valence-electron chi connectivity index (χ2n) is 4.08. The molecule has 88 valence electrons. The van der Waals surface area contributed by atoms with Gasteiger partial charge in [-0.25, -0.2) is 4.39 Å². The van der Waals surface area contributed by atoms with Gasteiger partial charge in [-0.1, -0.05) is 12.1 Å². The summed E-state index contributed by atoms with van der Waals surface area (Å²) in [5.74, 6) is -0.277. The lowest BCUT2D eigenvalue weighted by Crippen LogP contribution is -2.04. The van der Waals surface area contributed by atoms with E-state index >= 15 is 0 Å². The first-order valence-electron chi connectivity index (χ1n) is 5.50. The molecule has 0 radical (unpaired) electrons. The summed E-state index contributed by atoms with van der Waals surface area (Å²) >= 11 is 0. The summed E-state index contributed by atoms with van der Waals surface area (Å²) in [5, 5.41) is 10.1. The lowest BCUT2D eigenvalue weighted by molar-refractivity contribution is 0.177. The van der Waals surface area contributed by atoms with Gasteiger partial charge < -0.3 is 5.11 Å². The number of pyridine rings is 1. The van der Waals surface area contributed by atoms with E-state index in [-0.39, 0.29) is 5.82 Å². The van der Waals surface area contributed by atoms with Crippen LogP contribution in [-0.4, -0.2) is 10.1 Å². The van der Waals surface area contributed by atoms with E-state index in [0.717, 1.165) is 16.7 Å². The van der Waals surface area contributed by atoms with Crippen molar-refractivity contribution in [3.63, 3.8) is 0 Å². The summed E-state index contributed by atoms with van der Waals surface area (Å²) in [4.78, 5) is 3.98. The first-order valence-corrected chi connectivity index (χ1v) is 5.50. The molecule has 1 aromatic heterocycles. The van der Waals surface area contributed by atoms with Gasteiger partial charge in [0.15, 0.2) is 0 Å². The highest BCUT2D eigenvalue weighted by Gasteiger charge is 2.11. The fourth-order valence-corrected chi connectivity index (χ4v) is 1.86. The molecule has 1 unspecified atom stereocenters. The van der Waals surface area contributed by atoms with Crippen LogP contribution in [0.4, 0.5) is 4.39 Å². The van der Waals surface area contributed by atoms with E-state index < -0.39 is 6.10 Å². The number of aryl methyl sites for hydroxylation is 1. The Morgan fingerprint density at radius 1 is 1.35 bits per heavy atom. The molecule has 0 bridgehead atoms. The highest BCUT2D eigenvalue weighted by Crippen LogP contribution is 2.20. The van der Waals surface area contributed by atoms with Gasteiger partial charge in [-0.3, -0.25) is 4.98 Å². The summed E-state index contributed by atoms with van der Waals surface area (Å²) in [6.45, 7) is 1.90. The number of hydrogen-bond acceptors (Lipinski definition) is 2. The normalized spacial score (nSPS) is 12.4. The first-order chi connectivity index (χ1) is 8.16. The Morgan fingerprint density at radius 2 is 2.18 bits per heavy atom. The summed E-state index contributed by atoms with van der Waals surface area (Å²) in [6, 6.07) is 8.09. The highest BCUT2D eigenvalue weighted by molar-refractivity contribution is 5.26. The minimum atomic E-state index is -0.625. The largest absolute Gasteiger partial charge is 0.388 e. The van der Waals surface area contributed by atoms with Crippen molar-refractivity contribution >= 4 is 0 Å². The molecule has 2 aromatic rings. The lowest BCUT2D eigenvalue weighted by atomic mass is 9.99. The Hall–Kier alpha value is -1.74. The number of halogens is 1. The van der Waals surface area contributed by atoms with Crippen molar-refractivity contribution in [2.45, 2.75) is 19.4 Å². The van der Waals surface area contributed by atoms with Gasteiger partial charge in [-0.2, -0.15) is 0 Å². The Labute approximate surface area is 99.8 Å². The molecule has 17 heavy (non-hydrogen) atoms. The summed E-state index contributed by atoms with van der Waals surface area (Å²) in [6.07, 6.45) is 3.14. The summed E-state index contributed by atoms with van der Waals surface area (Å²) in [7, 11) is 0. The van der Waals surface area contributed by atoms with Crippen LogP contribution in [0.15, 0.2) is 42.7 Å². The van der Waals surface area contributed by atoms with Gasteiger partial charge in [-0.05, 0) is 41.8 Å². The van der Waals surface area contributed by atoms with Gasteiger partial charge in [0.2, 0.25) is 0 Å². The Bertz CT molecular complexity index is 513. The van der Waals surface area contributed by atoms with Crippen LogP contribution in [-0.2, 0) is 6.42 Å². The molecule has 3 heteroatoms. The predicted octanol–water partition coefficient (Wildman–Crippen LogP) is 2.81. The minimum Gasteiger partial charge on any atom is -0.388 e. The van der Waals surface area contributed by atoms with Crippen LogP contribution in [0.3, 0.4) is 0 Å². The second kappa shape index (κ2) is 5.06. The summed E-state index contributed by atoms with van der Waals surface area (Å²) in [5.41, 5.74) is 2.56. The molecule has 0 fully saturated rings. The third kappa shape index (κ3) is 2.88. The molecular weight excluding hydrogens is 217 g/mol. The minimum absolute atomic E-state index is 0.277. The maximum Gasteiger partial charge on any atom is 0.123 e. The van der Waals surface area contributed by atoms with Gasteiger partial charge in [0, 0.05) is 18.8 Å². The molecule has 0 aliphatic rings. The third-order valence-electron chi connectivity index (χ3n) is 2.74. The average molecular weight is 231 g/mol. The molecule has 2 nitrogen and oxygen atoms in total. The van der Waals surface area contributed by atoms with E-state index in [1.807, 2.05) is 13.0 Å². The van der Waals surface area contributed by atoms with Crippen molar-refractivity contribution in [1.82, 2.24) is 4.98 Å². The van der Waals surface area contributed by atoms with Crippen molar-refractivity contribution in [3.8, 4) is 0 Å². The van der Waals surface area contributed by atoms with E-state index in [4.69, 9.17) is 0 Å².